The van der Waals surface area contributed by atoms with E-state index in [1.807, 2.05) is 12.1 Å². The van der Waals surface area contributed by atoms with Crippen molar-refractivity contribution in [3.63, 3.8) is 0 Å². The second-order valence-electron chi connectivity index (χ2n) is 10.7. The third-order valence-corrected chi connectivity index (χ3v) is 9.16. The third kappa shape index (κ3) is 7.87. The Labute approximate surface area is 234 Å². The monoisotopic (exact) mass is 558 g/mol. The molecule has 0 unspecified atom stereocenters. The Morgan fingerprint density at radius 2 is 1.92 bits per heavy atom. The Bertz CT molecular complexity index is 1150. The van der Waals surface area contributed by atoms with Crippen LogP contribution >= 0.6 is 22.9 Å². The fourth-order valence-electron chi connectivity index (χ4n) is 5.68. The normalized spacial score (nSPS) is 17.9. The first-order valence-corrected chi connectivity index (χ1v) is 15.0. The fourth-order valence-corrected chi connectivity index (χ4v) is 7.00. The van der Waals surface area contributed by atoms with Crippen molar-refractivity contribution >= 4 is 50.8 Å². The maximum atomic E-state index is 13.6. The third-order valence-electron chi connectivity index (χ3n) is 7.88. The van der Waals surface area contributed by atoms with Crippen molar-refractivity contribution in [3.8, 4) is 0 Å². The number of hydrogen-bond donors (Lipinski definition) is 2. The van der Waals surface area contributed by atoms with Gasteiger partial charge in [-0.3, -0.25) is 19.3 Å². The standard InChI is InChI=1S/C29H39ClN4O3S/c1-19(18-34-13-5-6-14-34)25(35)12-11-23(20-7-3-4-8-20)33-29(37)21(15-27(36)31-2)16-28-32-24-10-9-22(30)17-26(24)38-28/h9-10,17,20-21,23H,1,3-8,11-16,18H2,2H3,(H,31,36)(H,33,37)/t21-,23+/m0/s1. The minimum atomic E-state index is -0.546. The molecule has 7 nitrogen and oxygen atoms in total. The molecule has 9 heteroatoms. The molecular formula is C29H39ClN4O3S. The van der Waals surface area contributed by atoms with Crippen molar-refractivity contribution in [3.05, 3.63) is 40.4 Å². The van der Waals surface area contributed by atoms with Crippen molar-refractivity contribution in [1.29, 1.82) is 0 Å². The van der Waals surface area contributed by atoms with Crippen LogP contribution in [0.2, 0.25) is 5.02 Å². The summed E-state index contributed by atoms with van der Waals surface area (Å²) >= 11 is 7.64. The number of benzene rings is 1. The minimum absolute atomic E-state index is 0.0853. The number of carbonyl (C=O) groups is 3. The molecule has 38 heavy (non-hydrogen) atoms. The molecule has 2 fully saturated rings. The molecule has 2 aliphatic rings. The second-order valence-corrected chi connectivity index (χ2v) is 12.3. The molecular weight excluding hydrogens is 520 g/mol. The molecule has 2 atom stereocenters. The molecule has 1 aliphatic heterocycles. The fraction of sp³-hybridized carbons (Fsp3) is 0.586. The summed E-state index contributed by atoms with van der Waals surface area (Å²) in [6.07, 6.45) is 8.18. The molecule has 2 aromatic rings. The van der Waals surface area contributed by atoms with Crippen LogP contribution in [0.1, 0.15) is 62.8 Å². The van der Waals surface area contributed by atoms with Crippen molar-refractivity contribution in [1.82, 2.24) is 20.5 Å². The number of rotatable bonds is 13. The summed E-state index contributed by atoms with van der Waals surface area (Å²) < 4.78 is 0.961. The van der Waals surface area contributed by atoms with Gasteiger partial charge in [0, 0.05) is 49.5 Å². The van der Waals surface area contributed by atoms with Crippen molar-refractivity contribution in [2.45, 2.75) is 70.3 Å². The maximum Gasteiger partial charge on any atom is 0.224 e. The lowest BCUT2D eigenvalue weighted by Crippen LogP contribution is -2.44. The van der Waals surface area contributed by atoms with Gasteiger partial charge in [-0.05, 0) is 69.3 Å². The van der Waals surface area contributed by atoms with E-state index >= 15 is 0 Å². The Morgan fingerprint density at radius 3 is 2.63 bits per heavy atom. The minimum Gasteiger partial charge on any atom is -0.359 e. The molecule has 1 aromatic heterocycles. The number of hydrogen-bond acceptors (Lipinski definition) is 6. The van der Waals surface area contributed by atoms with Crippen LogP contribution < -0.4 is 10.6 Å². The first-order chi connectivity index (χ1) is 18.3. The zero-order chi connectivity index (χ0) is 27.1. The van der Waals surface area contributed by atoms with E-state index in [9.17, 15) is 14.4 Å². The number of thiazole rings is 1. The summed E-state index contributed by atoms with van der Waals surface area (Å²) in [5.41, 5.74) is 1.50. The van der Waals surface area contributed by atoms with Gasteiger partial charge in [0.25, 0.3) is 0 Å². The van der Waals surface area contributed by atoms with Gasteiger partial charge in [0.15, 0.2) is 5.78 Å². The van der Waals surface area contributed by atoms with E-state index in [2.05, 4.69) is 27.1 Å². The molecule has 1 saturated carbocycles. The molecule has 0 spiro atoms. The van der Waals surface area contributed by atoms with Gasteiger partial charge in [0.05, 0.1) is 21.1 Å². The van der Waals surface area contributed by atoms with Gasteiger partial charge in [-0.2, -0.15) is 0 Å². The Morgan fingerprint density at radius 1 is 1.18 bits per heavy atom. The van der Waals surface area contributed by atoms with Gasteiger partial charge in [0.2, 0.25) is 11.8 Å². The number of fused-ring (bicyclic) bond motifs is 1. The highest BCUT2D eigenvalue weighted by Gasteiger charge is 2.31. The van der Waals surface area contributed by atoms with Crippen LogP contribution in [0.15, 0.2) is 30.4 Å². The molecule has 1 aromatic carbocycles. The quantitative estimate of drug-likeness (QED) is 0.340. The first kappa shape index (κ1) is 28.7. The number of nitrogens with one attached hydrogen (secondary N) is 2. The van der Waals surface area contributed by atoms with Crippen LogP contribution in [-0.2, 0) is 20.8 Å². The summed E-state index contributed by atoms with van der Waals surface area (Å²) in [5.74, 6) is -0.435. The van der Waals surface area contributed by atoms with E-state index in [4.69, 9.17) is 11.6 Å². The molecule has 4 rings (SSSR count). The first-order valence-electron chi connectivity index (χ1n) is 13.8. The van der Waals surface area contributed by atoms with Gasteiger partial charge in [0.1, 0.15) is 0 Å². The number of amides is 2. The molecule has 2 amide bonds. The van der Waals surface area contributed by atoms with E-state index in [-0.39, 0.29) is 30.1 Å². The average Bonchev–Trinajstić information content (AvgIpc) is 3.67. The number of carbonyl (C=O) groups excluding carboxylic acids is 3. The van der Waals surface area contributed by atoms with Crippen LogP contribution in [0.4, 0.5) is 0 Å². The van der Waals surface area contributed by atoms with Crippen LogP contribution in [0.3, 0.4) is 0 Å². The number of Topliss-reactive ketones (excluding diaryl/α,β-unsaturated/α-hetero) is 1. The highest BCUT2D eigenvalue weighted by atomic mass is 35.5. The number of aromatic nitrogens is 1. The topological polar surface area (TPSA) is 91.4 Å². The molecule has 1 saturated heterocycles. The highest BCUT2D eigenvalue weighted by molar-refractivity contribution is 7.18. The summed E-state index contributed by atoms with van der Waals surface area (Å²) in [6.45, 7) is 6.76. The predicted octanol–water partition coefficient (Wildman–Crippen LogP) is 4.92. The van der Waals surface area contributed by atoms with Crippen LogP contribution in [0.25, 0.3) is 10.2 Å². The van der Waals surface area contributed by atoms with E-state index < -0.39 is 5.92 Å². The zero-order valence-electron chi connectivity index (χ0n) is 22.3. The van der Waals surface area contributed by atoms with Gasteiger partial charge in [-0.25, -0.2) is 4.98 Å². The summed E-state index contributed by atoms with van der Waals surface area (Å²) in [7, 11) is 1.58. The maximum absolute atomic E-state index is 13.6. The number of ketones is 1. The Balaban J connectivity index is 1.42. The van der Waals surface area contributed by atoms with Gasteiger partial charge in [-0.1, -0.05) is 31.0 Å². The van der Waals surface area contributed by atoms with Crippen molar-refractivity contribution in [2.75, 3.05) is 26.7 Å². The largest absolute Gasteiger partial charge is 0.359 e. The van der Waals surface area contributed by atoms with Gasteiger partial charge < -0.3 is 10.6 Å². The van der Waals surface area contributed by atoms with Crippen LogP contribution in [0.5, 0.6) is 0 Å². The smallest absolute Gasteiger partial charge is 0.224 e. The zero-order valence-corrected chi connectivity index (χ0v) is 23.8. The number of halogens is 1. The SMILES string of the molecule is C=C(CN1CCCC1)C(=O)CC[C@@H](NC(=O)[C@@H](CC(=O)NC)Cc1nc2ccc(Cl)cc2s1)C1CCCC1. The van der Waals surface area contributed by atoms with Gasteiger partial charge in [-0.15, -0.1) is 11.3 Å². The summed E-state index contributed by atoms with van der Waals surface area (Å²) in [5, 5.41) is 7.36. The average molecular weight is 559 g/mol. The summed E-state index contributed by atoms with van der Waals surface area (Å²) in [6, 6.07) is 5.46. The second kappa shape index (κ2) is 13.7. The molecule has 206 valence electrons. The molecule has 0 radical (unpaired) electrons. The predicted molar refractivity (Wildman–Crippen MR) is 153 cm³/mol. The number of nitrogens with zero attached hydrogens (tertiary/aromatic N) is 2. The molecule has 2 N–H and O–H groups in total. The lowest BCUT2D eigenvalue weighted by Gasteiger charge is -2.27. The Kier molecular flexibility index (Phi) is 10.3. The Hall–Kier alpha value is -2.29. The van der Waals surface area contributed by atoms with Crippen LogP contribution in [0, 0.1) is 11.8 Å². The van der Waals surface area contributed by atoms with Gasteiger partial charge >= 0.3 is 0 Å². The van der Waals surface area contributed by atoms with E-state index in [1.165, 1.54) is 24.2 Å². The van der Waals surface area contributed by atoms with Crippen LogP contribution in [-0.4, -0.2) is 60.2 Å². The lowest BCUT2D eigenvalue weighted by atomic mass is 9.91. The molecule has 0 bridgehead atoms. The van der Waals surface area contributed by atoms with E-state index in [0.717, 1.165) is 54.0 Å². The summed E-state index contributed by atoms with van der Waals surface area (Å²) in [4.78, 5) is 45.8. The van der Waals surface area contributed by atoms with Crippen molar-refractivity contribution < 1.29 is 14.4 Å². The number of likely N-dealkylation sites (tertiary alicyclic amines) is 1. The highest BCUT2D eigenvalue weighted by Crippen LogP contribution is 2.31. The van der Waals surface area contributed by atoms with E-state index in [0.29, 0.717) is 42.3 Å². The van der Waals surface area contributed by atoms with Crippen molar-refractivity contribution in [2.24, 2.45) is 11.8 Å². The van der Waals surface area contributed by atoms with E-state index in [1.54, 1.807) is 13.1 Å². The molecule has 1 aliphatic carbocycles. The molecule has 2 heterocycles. The lowest BCUT2D eigenvalue weighted by molar-refractivity contribution is -0.131.